The summed E-state index contributed by atoms with van der Waals surface area (Å²) in [4.78, 5) is 15.1. The van der Waals surface area contributed by atoms with Crippen molar-refractivity contribution >= 4 is 50.9 Å². The fourth-order valence-electron chi connectivity index (χ4n) is 10.8. The number of aromatic nitrogens is 1. The minimum Gasteiger partial charge on any atom is -0.399 e. The molecule has 0 fully saturated rings. The molecule has 2 unspecified atom stereocenters. The van der Waals surface area contributed by atoms with E-state index < -0.39 is 0 Å². The molecule has 13 rings (SSSR count). The van der Waals surface area contributed by atoms with E-state index in [1.165, 1.54) is 0 Å². The molecule has 0 amide bonds. The van der Waals surface area contributed by atoms with E-state index in [4.69, 9.17) is 32.9 Å². The number of aliphatic imine (C=N–C) groups is 2. The average Bonchev–Trinajstić information content (AvgIpc) is 4.32. The molecule has 8 aromatic carbocycles. The Morgan fingerprint density at radius 2 is 0.658 bits per heavy atom. The standard InChI is InChI=1S/C68H52N8/c69-53-25-17-45(18-26-53)41-1-9-49(10-2-41)65-57-33-35-59(73-57)66(50-11-3-42(4-12-50)46-19-27-54(70)28-20-46)61-37-39-63(75-61)68(52-15-7-44(8-16-52)48-23-31-56(72)32-24-48)64-40-38-62(76-64)67(60-36-34-58(65)74-60)51-13-5-43(6-14-51)47-21-29-55(71)30-22-47/h1-40,57,65,73,76H,69-72H2/b66-59-,67-60-,68-63-. The van der Waals surface area contributed by atoms with E-state index in [1.807, 2.05) is 48.5 Å². The summed E-state index contributed by atoms with van der Waals surface area (Å²) in [5, 5.41) is 4.04. The lowest BCUT2D eigenvalue weighted by Gasteiger charge is -2.25. The number of anilines is 4. The predicted octanol–water partition coefficient (Wildman–Crippen LogP) is 14.3. The molecule has 2 atom stereocenters. The van der Waals surface area contributed by atoms with Gasteiger partial charge in [0.2, 0.25) is 0 Å². The van der Waals surface area contributed by atoms with E-state index in [-0.39, 0.29) is 12.0 Å². The summed E-state index contributed by atoms with van der Waals surface area (Å²) >= 11 is 0. The SMILES string of the molecule is Nc1ccc(-c2ccc(/C3=C4\C=CC(N4)C(c4ccc(-c5ccc(N)cc5)cc4)C4=N/C(=C(/c5ccc(-c6ccc(N)cc6)cc5)c5ccc([nH]5)/C(c5ccc(-c6ccc(N)cc6)cc5)=C5/C=CC3=N5)C=C4)cc2)cc1. The van der Waals surface area contributed by atoms with Crippen molar-refractivity contribution in [2.24, 2.45) is 9.98 Å². The maximum absolute atomic E-state index is 6.09. The van der Waals surface area contributed by atoms with E-state index in [2.05, 4.69) is 204 Å². The predicted molar refractivity (Wildman–Crippen MR) is 317 cm³/mol. The van der Waals surface area contributed by atoms with Gasteiger partial charge >= 0.3 is 0 Å². The van der Waals surface area contributed by atoms with Gasteiger partial charge < -0.3 is 33.2 Å². The van der Waals surface area contributed by atoms with Gasteiger partial charge in [-0.15, -0.1) is 0 Å². The quantitative estimate of drug-likeness (QED) is 0.0836. The first-order chi connectivity index (χ1) is 37.2. The van der Waals surface area contributed by atoms with Crippen molar-refractivity contribution < 1.29 is 0 Å². The van der Waals surface area contributed by atoms with Crippen LogP contribution in [0.15, 0.2) is 270 Å². The largest absolute Gasteiger partial charge is 0.399 e. The van der Waals surface area contributed by atoms with E-state index in [1.54, 1.807) is 0 Å². The molecule has 0 spiro atoms. The third kappa shape index (κ3) is 8.73. The zero-order valence-corrected chi connectivity index (χ0v) is 41.5. The molecule has 364 valence electrons. The number of benzene rings is 8. The third-order valence-corrected chi connectivity index (χ3v) is 14.8. The van der Waals surface area contributed by atoms with E-state index in [0.717, 1.165) is 146 Å². The first-order valence-electron chi connectivity index (χ1n) is 25.5. The van der Waals surface area contributed by atoms with Gasteiger partial charge in [0.05, 0.1) is 34.8 Å². The second kappa shape index (κ2) is 19.0. The lowest BCUT2D eigenvalue weighted by Crippen LogP contribution is -2.33. The molecular weight excluding hydrogens is 929 g/mol. The summed E-state index contributed by atoms with van der Waals surface area (Å²) in [7, 11) is 0. The zero-order chi connectivity index (χ0) is 51.3. The van der Waals surface area contributed by atoms with Crippen molar-refractivity contribution in [3.63, 3.8) is 0 Å². The highest BCUT2D eigenvalue weighted by Gasteiger charge is 2.33. The lowest BCUT2D eigenvalue weighted by molar-refractivity contribution is 0.666. The molecule has 8 nitrogen and oxygen atoms in total. The molecule has 1 aromatic heterocycles. The third-order valence-electron chi connectivity index (χ3n) is 14.8. The van der Waals surface area contributed by atoms with Crippen LogP contribution < -0.4 is 28.3 Å². The highest BCUT2D eigenvalue weighted by molar-refractivity contribution is 6.32. The summed E-state index contributed by atoms with van der Waals surface area (Å²) in [5.74, 6) is -0.169. The van der Waals surface area contributed by atoms with Crippen molar-refractivity contribution in [3.8, 4) is 44.5 Å². The number of hydrogen-bond acceptors (Lipinski definition) is 7. The Balaban J connectivity index is 0.997. The fraction of sp³-hybridized carbons (Fsp3) is 0.0294. The van der Waals surface area contributed by atoms with Gasteiger partial charge in [-0.3, -0.25) is 4.99 Å². The first-order valence-corrected chi connectivity index (χ1v) is 25.5. The molecule has 4 aliphatic rings. The van der Waals surface area contributed by atoms with Gasteiger partial charge in [0.15, 0.2) is 0 Å². The Morgan fingerprint density at radius 1 is 0.316 bits per heavy atom. The Morgan fingerprint density at radius 3 is 1.08 bits per heavy atom. The second-order valence-corrected chi connectivity index (χ2v) is 19.6. The molecule has 0 saturated heterocycles. The van der Waals surface area contributed by atoms with Gasteiger partial charge in [-0.1, -0.05) is 152 Å². The number of H-pyrrole nitrogens is 1. The minimum absolute atomic E-state index is 0.159. The monoisotopic (exact) mass is 980 g/mol. The van der Waals surface area contributed by atoms with Crippen LogP contribution in [0.1, 0.15) is 39.6 Å². The highest BCUT2D eigenvalue weighted by Crippen LogP contribution is 2.41. The molecular formula is C68H52N8. The van der Waals surface area contributed by atoms with Crippen LogP contribution in [-0.4, -0.2) is 22.4 Å². The van der Waals surface area contributed by atoms with E-state index >= 15 is 0 Å². The number of nitrogens with one attached hydrogen (secondary N) is 2. The van der Waals surface area contributed by atoms with Crippen LogP contribution >= 0.6 is 0 Å². The summed E-state index contributed by atoms with van der Waals surface area (Å²) in [5.41, 5.74) is 49.6. The van der Waals surface area contributed by atoms with Gasteiger partial charge in [0.25, 0.3) is 0 Å². The number of fused-ring (bicyclic) bond motifs is 6. The fourth-order valence-corrected chi connectivity index (χ4v) is 10.8. The number of rotatable bonds is 8. The van der Waals surface area contributed by atoms with Crippen LogP contribution in [0.3, 0.4) is 0 Å². The average molecular weight is 981 g/mol. The first kappa shape index (κ1) is 45.7. The minimum atomic E-state index is -0.169. The normalized spacial score (nSPS) is 19.4. The number of aromatic amines is 1. The van der Waals surface area contributed by atoms with Gasteiger partial charge in [-0.05, 0) is 158 Å². The zero-order valence-electron chi connectivity index (χ0n) is 41.5. The number of nitrogens with two attached hydrogens (primary N) is 4. The smallest absolute Gasteiger partial charge is 0.0737 e. The highest BCUT2D eigenvalue weighted by atomic mass is 15.0. The molecule has 0 aliphatic carbocycles. The number of nitrogen functional groups attached to an aromatic ring is 4. The summed E-state index contributed by atoms with van der Waals surface area (Å²) in [6.45, 7) is 0. The Kier molecular flexibility index (Phi) is 11.4. The van der Waals surface area contributed by atoms with E-state index in [9.17, 15) is 0 Å². The topological polar surface area (TPSA) is 157 Å². The maximum atomic E-state index is 6.09. The molecule has 10 N–H and O–H groups in total. The van der Waals surface area contributed by atoms with Gasteiger partial charge in [0.1, 0.15) is 0 Å². The molecule has 0 saturated carbocycles. The number of allylic oxidation sites excluding steroid dienone is 6. The summed E-state index contributed by atoms with van der Waals surface area (Å²) in [6.07, 6.45) is 13.2. The Bertz CT molecular complexity index is 3960. The van der Waals surface area contributed by atoms with Crippen LogP contribution in [-0.2, 0) is 0 Å². The van der Waals surface area contributed by atoms with Gasteiger partial charge in [0, 0.05) is 56.6 Å². The molecule has 8 bridgehead atoms. The number of nitrogens with zero attached hydrogens (tertiary/aromatic N) is 2. The van der Waals surface area contributed by atoms with Crippen LogP contribution in [0.4, 0.5) is 22.7 Å². The Hall–Kier alpha value is -10.2. The summed E-state index contributed by atoms with van der Waals surface area (Å²) < 4.78 is 0. The van der Waals surface area contributed by atoms with Crippen molar-refractivity contribution in [2.75, 3.05) is 22.9 Å². The van der Waals surface area contributed by atoms with Crippen LogP contribution in [0.25, 0.3) is 61.2 Å². The van der Waals surface area contributed by atoms with E-state index in [0.29, 0.717) is 0 Å². The van der Waals surface area contributed by atoms with Gasteiger partial charge in [-0.25, -0.2) is 4.99 Å². The second-order valence-electron chi connectivity index (χ2n) is 19.6. The molecule has 4 aliphatic heterocycles. The summed E-state index contributed by atoms with van der Waals surface area (Å²) in [6, 6.07) is 71.2. The van der Waals surface area contributed by atoms with Crippen molar-refractivity contribution in [1.82, 2.24) is 10.3 Å². The molecule has 0 radical (unpaired) electrons. The Labute approximate surface area is 441 Å². The molecule has 9 aromatic rings. The number of hydrogen-bond donors (Lipinski definition) is 6. The lowest BCUT2D eigenvalue weighted by atomic mass is 9.86. The molecule has 76 heavy (non-hydrogen) atoms. The van der Waals surface area contributed by atoms with Crippen molar-refractivity contribution in [3.05, 3.63) is 293 Å². The van der Waals surface area contributed by atoms with Crippen LogP contribution in [0.5, 0.6) is 0 Å². The molecule has 8 heteroatoms. The molecule has 5 heterocycles. The van der Waals surface area contributed by atoms with Crippen molar-refractivity contribution in [1.29, 1.82) is 0 Å². The van der Waals surface area contributed by atoms with Gasteiger partial charge in [-0.2, -0.15) is 0 Å². The van der Waals surface area contributed by atoms with Crippen LogP contribution in [0.2, 0.25) is 0 Å². The van der Waals surface area contributed by atoms with Crippen molar-refractivity contribution in [2.45, 2.75) is 12.0 Å². The van der Waals surface area contributed by atoms with Crippen LogP contribution in [0, 0.1) is 0 Å². The maximum Gasteiger partial charge on any atom is 0.0737 e.